The molecule has 1 unspecified atom stereocenters. The van der Waals surface area contributed by atoms with E-state index in [9.17, 15) is 18.0 Å². The number of ether oxygens (including phenoxy) is 2. The lowest BCUT2D eigenvalue weighted by atomic mass is 9.87. The summed E-state index contributed by atoms with van der Waals surface area (Å²) in [6, 6.07) is 8.12. The molecule has 36 heavy (non-hydrogen) atoms. The number of aryl methyl sites for hydroxylation is 1. The van der Waals surface area contributed by atoms with Crippen LogP contribution in [0.2, 0.25) is 0 Å². The highest BCUT2D eigenvalue weighted by atomic mass is 32.1. The van der Waals surface area contributed by atoms with Crippen LogP contribution in [0.1, 0.15) is 46.7 Å². The lowest BCUT2D eigenvalue weighted by Gasteiger charge is -2.22. The number of carbonyl (C=O) groups is 1. The summed E-state index contributed by atoms with van der Waals surface area (Å²) in [6.45, 7) is 8.61. The quantitative estimate of drug-likeness (QED) is 0.391. The summed E-state index contributed by atoms with van der Waals surface area (Å²) in [4.78, 5) is 16.3. The maximum atomic E-state index is 13.1. The molecule has 0 fully saturated rings. The van der Waals surface area contributed by atoms with E-state index in [1.165, 1.54) is 27.6 Å². The van der Waals surface area contributed by atoms with Crippen LogP contribution in [0.15, 0.2) is 42.0 Å². The van der Waals surface area contributed by atoms with Gasteiger partial charge in [-0.3, -0.25) is 4.90 Å². The minimum Gasteiger partial charge on any atom is -0.482 e. The van der Waals surface area contributed by atoms with Gasteiger partial charge in [-0.2, -0.15) is 13.2 Å². The molecule has 194 valence electrons. The molecule has 0 saturated carbocycles. The van der Waals surface area contributed by atoms with Crippen LogP contribution >= 0.6 is 11.3 Å². The Morgan fingerprint density at radius 1 is 1.14 bits per heavy atom. The first-order chi connectivity index (χ1) is 17.1. The molecule has 1 atom stereocenters. The van der Waals surface area contributed by atoms with Gasteiger partial charge >= 0.3 is 12.1 Å². The Labute approximate surface area is 214 Å². The number of benzene rings is 1. The van der Waals surface area contributed by atoms with Gasteiger partial charge in [-0.05, 0) is 79.5 Å². The van der Waals surface area contributed by atoms with Crippen molar-refractivity contribution >= 4 is 22.9 Å². The Hall–Kier alpha value is -2.58. The topological polar surface area (TPSA) is 38.8 Å². The molecule has 1 aliphatic carbocycles. The van der Waals surface area contributed by atoms with Crippen molar-refractivity contribution in [2.75, 3.05) is 26.3 Å². The molecule has 2 aliphatic rings. The zero-order valence-electron chi connectivity index (χ0n) is 20.9. The molecule has 0 amide bonds. The van der Waals surface area contributed by atoms with Crippen LogP contribution in [0.25, 0.3) is 5.57 Å². The number of rotatable bonds is 7. The fraction of sp³-hybridized carbons (Fsp3) is 0.464. The number of esters is 1. The zero-order valence-corrected chi connectivity index (χ0v) is 21.7. The highest BCUT2D eigenvalue weighted by molar-refractivity contribution is 7.13. The molecule has 0 bridgehead atoms. The zero-order chi connectivity index (χ0) is 25.9. The summed E-state index contributed by atoms with van der Waals surface area (Å²) in [5.41, 5.74) is 4.24. The third-order valence-corrected chi connectivity index (χ3v) is 8.06. The molecule has 2 aromatic rings. The Kier molecular flexibility index (Phi) is 8.25. The van der Waals surface area contributed by atoms with Crippen molar-refractivity contribution in [1.82, 2.24) is 4.90 Å². The summed E-state index contributed by atoms with van der Waals surface area (Å²) in [5.74, 6) is 0.136. The van der Waals surface area contributed by atoms with Crippen molar-refractivity contribution in [3.8, 4) is 5.75 Å². The fourth-order valence-corrected chi connectivity index (χ4v) is 6.12. The molecular formula is C28H32F3NO3S. The van der Waals surface area contributed by atoms with Crippen LogP contribution in [0, 0.1) is 12.8 Å². The van der Waals surface area contributed by atoms with Gasteiger partial charge in [-0.25, -0.2) is 4.79 Å². The van der Waals surface area contributed by atoms with Crippen molar-refractivity contribution in [3.05, 3.63) is 68.4 Å². The number of nitrogens with zero attached hydrogens (tertiary/aromatic N) is 1. The maximum Gasteiger partial charge on any atom is 0.412 e. The van der Waals surface area contributed by atoms with Crippen LogP contribution in [-0.2, 0) is 28.9 Å². The molecule has 0 radical (unpaired) electrons. The Balaban J connectivity index is 1.40. The second-order valence-corrected chi connectivity index (χ2v) is 10.6. The second-order valence-electron chi connectivity index (χ2n) is 9.43. The van der Waals surface area contributed by atoms with Crippen molar-refractivity contribution in [2.24, 2.45) is 5.92 Å². The monoisotopic (exact) mass is 519 g/mol. The molecule has 8 heteroatoms. The first-order valence-corrected chi connectivity index (χ1v) is 13.2. The summed E-state index contributed by atoms with van der Waals surface area (Å²) in [6.07, 6.45) is 0.466. The first-order valence-electron chi connectivity index (χ1n) is 12.3. The van der Waals surface area contributed by atoms with Crippen LogP contribution in [0.4, 0.5) is 13.2 Å². The first kappa shape index (κ1) is 26.5. The van der Waals surface area contributed by atoms with Crippen LogP contribution in [0.5, 0.6) is 5.75 Å². The van der Waals surface area contributed by atoms with Gasteiger partial charge in [-0.15, -0.1) is 11.3 Å². The number of alkyl halides is 3. The van der Waals surface area contributed by atoms with E-state index in [-0.39, 0.29) is 24.9 Å². The van der Waals surface area contributed by atoms with E-state index < -0.39 is 11.7 Å². The summed E-state index contributed by atoms with van der Waals surface area (Å²) in [5, 5.41) is 0. The minimum absolute atomic E-state index is 0.0253. The van der Waals surface area contributed by atoms with E-state index in [4.69, 9.17) is 9.47 Å². The van der Waals surface area contributed by atoms with Gasteiger partial charge in [0.25, 0.3) is 0 Å². The summed E-state index contributed by atoms with van der Waals surface area (Å²) >= 11 is 1.69. The number of carbonyl (C=O) groups excluding carboxylic acids is 1. The van der Waals surface area contributed by atoms with Gasteiger partial charge in [0.05, 0.1) is 6.61 Å². The molecule has 4 nitrogen and oxygen atoms in total. The number of fused-ring (bicyclic) bond motifs is 1. The Bertz CT molecular complexity index is 1170. The molecule has 0 spiro atoms. The second kappa shape index (κ2) is 11.2. The van der Waals surface area contributed by atoms with E-state index in [1.807, 2.05) is 19.1 Å². The van der Waals surface area contributed by atoms with Gasteiger partial charge in [0.1, 0.15) is 5.75 Å². The smallest absolute Gasteiger partial charge is 0.412 e. The molecule has 1 aliphatic heterocycles. The highest BCUT2D eigenvalue weighted by Crippen LogP contribution is 2.41. The van der Waals surface area contributed by atoms with Gasteiger partial charge in [0.2, 0.25) is 0 Å². The lowest BCUT2D eigenvalue weighted by Crippen LogP contribution is -2.25. The summed E-state index contributed by atoms with van der Waals surface area (Å²) in [7, 11) is 0. The molecule has 1 aromatic heterocycles. The Morgan fingerprint density at radius 2 is 1.89 bits per heavy atom. The lowest BCUT2D eigenvalue weighted by molar-refractivity contribution is -0.145. The van der Waals surface area contributed by atoms with Crippen LogP contribution in [0.3, 0.4) is 0 Å². The van der Waals surface area contributed by atoms with Gasteiger partial charge < -0.3 is 9.47 Å². The van der Waals surface area contributed by atoms with Crippen LogP contribution < -0.4 is 4.74 Å². The summed E-state index contributed by atoms with van der Waals surface area (Å²) < 4.78 is 49.8. The van der Waals surface area contributed by atoms with Crippen molar-refractivity contribution in [2.45, 2.75) is 52.8 Å². The van der Waals surface area contributed by atoms with Crippen molar-refractivity contribution in [1.29, 1.82) is 0 Å². The maximum absolute atomic E-state index is 13.1. The number of thiophene rings is 1. The number of allylic oxidation sites excluding steroid dienone is 4. The molecule has 0 N–H and O–H groups in total. The van der Waals surface area contributed by atoms with E-state index in [0.717, 1.165) is 42.9 Å². The van der Waals surface area contributed by atoms with Crippen molar-refractivity contribution < 1.29 is 27.4 Å². The number of hydrogen-bond acceptors (Lipinski definition) is 5. The molecule has 4 rings (SSSR count). The predicted molar refractivity (Wildman–Crippen MR) is 136 cm³/mol. The molecule has 1 aromatic carbocycles. The standard InChI is InChI=1S/C28H32F3NO3S/c1-4-34-27(33)17-35-23-7-5-20-9-11-32(12-10-21(20)15-23)16-26-19(3)14-25(36-26)24-8-6-22(13-18(24)2)28(29,30)31/h5-8,14-15,18H,4,9-13,16-17H2,1-3H3. The molecule has 2 heterocycles. The van der Waals surface area contributed by atoms with E-state index in [1.54, 1.807) is 24.3 Å². The Morgan fingerprint density at radius 3 is 2.58 bits per heavy atom. The SMILES string of the molecule is CCOC(=O)COc1ccc2c(c1)CCN(Cc1sc(C3=CC=C(C(F)(F)F)CC3C)cc1C)CC2. The van der Waals surface area contributed by atoms with Gasteiger partial charge in [0.15, 0.2) is 6.61 Å². The normalized spacial score (nSPS) is 18.7. The van der Waals surface area contributed by atoms with Crippen molar-refractivity contribution in [3.63, 3.8) is 0 Å². The minimum atomic E-state index is -4.26. The molecule has 0 saturated heterocycles. The average molecular weight is 520 g/mol. The largest absolute Gasteiger partial charge is 0.482 e. The fourth-order valence-electron chi connectivity index (χ4n) is 4.76. The third-order valence-electron chi connectivity index (χ3n) is 6.79. The predicted octanol–water partition coefficient (Wildman–Crippen LogP) is 6.51. The van der Waals surface area contributed by atoms with E-state index in [2.05, 4.69) is 24.0 Å². The van der Waals surface area contributed by atoms with E-state index >= 15 is 0 Å². The van der Waals surface area contributed by atoms with E-state index in [0.29, 0.717) is 12.4 Å². The van der Waals surface area contributed by atoms with Gasteiger partial charge in [0, 0.05) is 35.0 Å². The molecular weight excluding hydrogens is 487 g/mol. The van der Waals surface area contributed by atoms with Gasteiger partial charge in [-0.1, -0.05) is 25.1 Å². The highest BCUT2D eigenvalue weighted by Gasteiger charge is 2.36. The number of halogens is 3. The van der Waals surface area contributed by atoms with Crippen LogP contribution in [-0.4, -0.2) is 43.3 Å². The number of hydrogen-bond donors (Lipinski definition) is 0. The average Bonchev–Trinajstić information content (AvgIpc) is 3.06. The third kappa shape index (κ3) is 6.40.